The van der Waals surface area contributed by atoms with Crippen LogP contribution >= 0.6 is 0 Å². The number of amides is 1. The van der Waals surface area contributed by atoms with Gasteiger partial charge in [-0.2, -0.15) is 5.26 Å². The molecule has 4 aromatic rings. The highest BCUT2D eigenvalue weighted by molar-refractivity contribution is 5.99. The molecule has 1 N–H and O–H groups in total. The van der Waals surface area contributed by atoms with Gasteiger partial charge < -0.3 is 15.0 Å². The number of nitriles is 1. The minimum absolute atomic E-state index is 0.0497. The first kappa shape index (κ1) is 23.3. The lowest BCUT2D eigenvalue weighted by Crippen LogP contribution is -2.27. The molecule has 1 aliphatic rings. The third-order valence-corrected chi connectivity index (χ3v) is 6.32. The largest absolute Gasteiger partial charge is 0.489 e. The van der Waals surface area contributed by atoms with Crippen LogP contribution in [0.15, 0.2) is 66.7 Å². The van der Waals surface area contributed by atoms with Gasteiger partial charge in [-0.05, 0) is 61.7 Å². The Morgan fingerprint density at radius 1 is 1.06 bits per heavy atom. The van der Waals surface area contributed by atoms with Gasteiger partial charge in [0.2, 0.25) is 0 Å². The van der Waals surface area contributed by atoms with E-state index in [-0.39, 0.29) is 5.91 Å². The van der Waals surface area contributed by atoms with Crippen molar-refractivity contribution in [3.05, 3.63) is 94.8 Å². The van der Waals surface area contributed by atoms with Crippen molar-refractivity contribution in [2.75, 3.05) is 18.4 Å². The lowest BCUT2D eigenvalue weighted by molar-refractivity contribution is 0.0793. The molecule has 0 aliphatic carbocycles. The zero-order chi connectivity index (χ0) is 24.9. The summed E-state index contributed by atoms with van der Waals surface area (Å²) in [5, 5.41) is 13.6. The Kier molecular flexibility index (Phi) is 6.76. The van der Waals surface area contributed by atoms with Crippen LogP contribution in [0.3, 0.4) is 0 Å². The van der Waals surface area contributed by atoms with Crippen LogP contribution < -0.4 is 10.1 Å². The number of likely N-dealkylation sites (tertiary alicyclic amines) is 1. The van der Waals surface area contributed by atoms with Crippen molar-refractivity contribution in [1.82, 2.24) is 14.9 Å². The van der Waals surface area contributed by atoms with E-state index >= 15 is 0 Å². The number of fused-ring (bicyclic) bond motifs is 1. The van der Waals surface area contributed by atoms with E-state index in [0.29, 0.717) is 41.7 Å². The molecule has 0 spiro atoms. The number of hydrogen-bond donors (Lipinski definition) is 1. The van der Waals surface area contributed by atoms with E-state index in [2.05, 4.69) is 21.4 Å². The summed E-state index contributed by atoms with van der Waals surface area (Å²) >= 11 is 0. The molecule has 1 saturated heterocycles. The fourth-order valence-corrected chi connectivity index (χ4v) is 4.46. The number of carbonyl (C=O) groups is 1. The van der Waals surface area contributed by atoms with Crippen LogP contribution in [0.25, 0.3) is 10.9 Å². The van der Waals surface area contributed by atoms with Crippen LogP contribution in [0.4, 0.5) is 5.82 Å². The van der Waals surface area contributed by atoms with Crippen molar-refractivity contribution in [1.29, 1.82) is 5.26 Å². The summed E-state index contributed by atoms with van der Waals surface area (Å²) in [5.41, 5.74) is 3.86. The van der Waals surface area contributed by atoms with Gasteiger partial charge in [-0.25, -0.2) is 9.97 Å². The Morgan fingerprint density at radius 3 is 2.64 bits per heavy atom. The van der Waals surface area contributed by atoms with E-state index < -0.39 is 0 Å². The quantitative estimate of drug-likeness (QED) is 0.392. The van der Waals surface area contributed by atoms with Crippen molar-refractivity contribution in [3.8, 4) is 11.8 Å². The Bertz CT molecular complexity index is 1440. The zero-order valence-electron chi connectivity index (χ0n) is 20.2. The highest BCUT2D eigenvalue weighted by Crippen LogP contribution is 2.26. The standard InChI is InChI=1S/C29H27N5O2/c1-20-32-26-16-23(29(35)34-13-5-6-14-34)10-11-25(26)28(33-20)31-18-24-15-22(17-30)9-12-27(24)36-19-21-7-3-2-4-8-21/h2-4,7-12,15-16H,5-6,13-14,18-19H2,1H3,(H,31,32,33). The number of nitrogens with one attached hydrogen (secondary N) is 1. The van der Waals surface area contributed by atoms with Gasteiger partial charge in [0.15, 0.2) is 0 Å². The van der Waals surface area contributed by atoms with E-state index in [1.165, 1.54) is 0 Å². The van der Waals surface area contributed by atoms with Crippen molar-refractivity contribution < 1.29 is 9.53 Å². The average molecular weight is 478 g/mol. The summed E-state index contributed by atoms with van der Waals surface area (Å²) in [6.07, 6.45) is 2.11. The van der Waals surface area contributed by atoms with Gasteiger partial charge in [-0.1, -0.05) is 30.3 Å². The average Bonchev–Trinajstić information content (AvgIpc) is 3.45. The summed E-state index contributed by atoms with van der Waals surface area (Å²) in [5.74, 6) is 2.05. The minimum Gasteiger partial charge on any atom is -0.489 e. The van der Waals surface area contributed by atoms with Crippen molar-refractivity contribution in [2.45, 2.75) is 32.9 Å². The van der Waals surface area contributed by atoms with Crippen molar-refractivity contribution >= 4 is 22.6 Å². The monoisotopic (exact) mass is 477 g/mol. The van der Waals surface area contributed by atoms with Crippen LogP contribution in [0.2, 0.25) is 0 Å². The molecule has 1 amide bonds. The third kappa shape index (κ3) is 5.13. The highest BCUT2D eigenvalue weighted by Gasteiger charge is 2.20. The molecule has 1 aliphatic heterocycles. The third-order valence-electron chi connectivity index (χ3n) is 6.32. The maximum Gasteiger partial charge on any atom is 0.253 e. The molecule has 0 unspecified atom stereocenters. The van der Waals surface area contributed by atoms with E-state index in [4.69, 9.17) is 4.74 Å². The molecule has 2 heterocycles. The number of anilines is 1. The molecule has 180 valence electrons. The number of carbonyl (C=O) groups excluding carboxylic acids is 1. The molecule has 5 rings (SSSR count). The Hall–Kier alpha value is -4.44. The summed E-state index contributed by atoms with van der Waals surface area (Å²) in [7, 11) is 0. The molecule has 7 heteroatoms. The zero-order valence-corrected chi connectivity index (χ0v) is 20.2. The first-order valence-corrected chi connectivity index (χ1v) is 12.1. The van der Waals surface area contributed by atoms with Gasteiger partial charge in [0.1, 0.15) is 24.0 Å². The molecule has 0 radical (unpaired) electrons. The highest BCUT2D eigenvalue weighted by atomic mass is 16.5. The van der Waals surface area contributed by atoms with Crippen LogP contribution in [0, 0.1) is 18.3 Å². The summed E-state index contributed by atoms with van der Waals surface area (Å²) < 4.78 is 6.09. The molecule has 0 saturated carbocycles. The lowest BCUT2D eigenvalue weighted by Gasteiger charge is -2.16. The molecule has 7 nitrogen and oxygen atoms in total. The molecular formula is C29H27N5O2. The molecule has 1 aromatic heterocycles. The second-order valence-corrected chi connectivity index (χ2v) is 8.91. The van der Waals surface area contributed by atoms with Gasteiger partial charge in [0.05, 0.1) is 17.1 Å². The van der Waals surface area contributed by atoms with Gasteiger partial charge in [0, 0.05) is 36.1 Å². The number of benzene rings is 3. The fourth-order valence-electron chi connectivity index (χ4n) is 4.46. The van der Waals surface area contributed by atoms with Gasteiger partial charge in [0.25, 0.3) is 5.91 Å². The topological polar surface area (TPSA) is 91.1 Å². The van der Waals surface area contributed by atoms with E-state index in [1.54, 1.807) is 6.07 Å². The minimum atomic E-state index is 0.0497. The SMILES string of the molecule is Cc1nc(NCc2cc(C#N)ccc2OCc2ccccc2)c2ccc(C(=O)N3CCCC3)cc2n1. The predicted molar refractivity (Wildman–Crippen MR) is 139 cm³/mol. The number of aromatic nitrogens is 2. The molecule has 1 fully saturated rings. The summed E-state index contributed by atoms with van der Waals surface area (Å²) in [6.45, 7) is 4.30. The van der Waals surface area contributed by atoms with Gasteiger partial charge >= 0.3 is 0 Å². The molecule has 0 bridgehead atoms. The number of nitrogens with zero attached hydrogens (tertiary/aromatic N) is 4. The maximum atomic E-state index is 12.9. The molecular weight excluding hydrogens is 450 g/mol. The fraction of sp³-hybridized carbons (Fsp3) is 0.241. The van der Waals surface area contributed by atoms with Crippen LogP contribution in [0.1, 0.15) is 45.7 Å². The van der Waals surface area contributed by atoms with Crippen LogP contribution in [-0.4, -0.2) is 33.9 Å². The second-order valence-electron chi connectivity index (χ2n) is 8.91. The van der Waals surface area contributed by atoms with Crippen LogP contribution in [0.5, 0.6) is 5.75 Å². The van der Waals surface area contributed by atoms with Crippen LogP contribution in [-0.2, 0) is 13.2 Å². The van der Waals surface area contributed by atoms with Gasteiger partial charge in [-0.15, -0.1) is 0 Å². The molecule has 36 heavy (non-hydrogen) atoms. The molecule has 3 aromatic carbocycles. The summed E-state index contributed by atoms with van der Waals surface area (Å²) in [4.78, 5) is 23.9. The van der Waals surface area contributed by atoms with E-state index in [0.717, 1.165) is 48.0 Å². The normalized spacial score (nSPS) is 12.9. The van der Waals surface area contributed by atoms with Crippen molar-refractivity contribution in [3.63, 3.8) is 0 Å². The number of aryl methyl sites for hydroxylation is 1. The Labute approximate surface area is 210 Å². The van der Waals surface area contributed by atoms with E-state index in [1.807, 2.05) is 72.5 Å². The second kappa shape index (κ2) is 10.4. The number of rotatable bonds is 7. The maximum absolute atomic E-state index is 12.9. The smallest absolute Gasteiger partial charge is 0.253 e. The Morgan fingerprint density at radius 2 is 1.86 bits per heavy atom. The number of ether oxygens (including phenoxy) is 1. The summed E-state index contributed by atoms with van der Waals surface area (Å²) in [6, 6.07) is 23.2. The van der Waals surface area contributed by atoms with Crippen molar-refractivity contribution in [2.24, 2.45) is 0 Å². The lowest BCUT2D eigenvalue weighted by atomic mass is 10.1. The van der Waals surface area contributed by atoms with E-state index in [9.17, 15) is 10.1 Å². The molecule has 0 atom stereocenters. The first-order chi connectivity index (χ1) is 17.6. The van der Waals surface area contributed by atoms with Gasteiger partial charge in [-0.3, -0.25) is 4.79 Å². The number of hydrogen-bond acceptors (Lipinski definition) is 6. The first-order valence-electron chi connectivity index (χ1n) is 12.1. The Balaban J connectivity index is 1.39. The predicted octanol–water partition coefficient (Wildman–Crippen LogP) is 5.24.